The Morgan fingerprint density at radius 3 is 2.55 bits per heavy atom. The fraction of sp³-hybridized carbons (Fsp3) is 0.409. The van der Waals surface area contributed by atoms with Gasteiger partial charge in [0, 0.05) is 49.8 Å². The van der Waals surface area contributed by atoms with Crippen LogP contribution in [-0.2, 0) is 4.74 Å². The van der Waals surface area contributed by atoms with Crippen LogP contribution in [-0.4, -0.2) is 60.9 Å². The molecule has 2 fully saturated rings. The summed E-state index contributed by atoms with van der Waals surface area (Å²) >= 11 is 0. The summed E-state index contributed by atoms with van der Waals surface area (Å²) in [5.74, 6) is 1.43. The van der Waals surface area contributed by atoms with Gasteiger partial charge >= 0.3 is 0 Å². The highest BCUT2D eigenvalue weighted by molar-refractivity contribution is 5.89. The first-order valence-corrected chi connectivity index (χ1v) is 10.3. The maximum Gasteiger partial charge on any atom is 0.157 e. The van der Waals surface area contributed by atoms with Crippen LogP contribution in [0, 0.1) is 5.92 Å². The average Bonchev–Trinajstić information content (AvgIpc) is 3.28. The Labute approximate surface area is 170 Å². The van der Waals surface area contributed by atoms with E-state index in [2.05, 4.69) is 44.0 Å². The highest BCUT2D eigenvalue weighted by Crippen LogP contribution is 2.31. The Kier molecular flexibility index (Phi) is 4.99. The van der Waals surface area contributed by atoms with E-state index in [4.69, 9.17) is 15.5 Å². The Morgan fingerprint density at radius 1 is 1.00 bits per heavy atom. The summed E-state index contributed by atoms with van der Waals surface area (Å²) in [6.07, 6.45) is 4.57. The molecule has 0 amide bonds. The van der Waals surface area contributed by atoms with E-state index in [0.29, 0.717) is 12.5 Å². The van der Waals surface area contributed by atoms with Gasteiger partial charge in [-0.25, -0.2) is 9.97 Å². The Hall–Kier alpha value is -2.77. The van der Waals surface area contributed by atoms with E-state index >= 15 is 0 Å². The van der Waals surface area contributed by atoms with Crippen molar-refractivity contribution in [3.05, 3.63) is 42.7 Å². The zero-order valence-electron chi connectivity index (χ0n) is 16.5. The van der Waals surface area contributed by atoms with Crippen molar-refractivity contribution in [1.82, 2.24) is 15.0 Å². The molecule has 2 N–H and O–H groups in total. The molecular formula is C22H26N6O. The molecule has 0 aliphatic carbocycles. The summed E-state index contributed by atoms with van der Waals surface area (Å²) in [6, 6.07) is 10.7. The first-order valence-electron chi connectivity index (χ1n) is 10.3. The summed E-state index contributed by atoms with van der Waals surface area (Å²) in [4.78, 5) is 18.8. The van der Waals surface area contributed by atoms with Gasteiger partial charge in [-0.15, -0.1) is 0 Å². The molecule has 0 radical (unpaired) electrons. The molecule has 1 atom stereocenters. The number of pyridine rings is 1. The molecule has 0 bridgehead atoms. The third-order valence-electron chi connectivity index (χ3n) is 5.90. The number of hydrogen-bond acceptors (Lipinski definition) is 7. The molecule has 5 rings (SSSR count). The van der Waals surface area contributed by atoms with Crippen LogP contribution in [0.15, 0.2) is 42.7 Å². The van der Waals surface area contributed by atoms with Crippen LogP contribution in [0.3, 0.4) is 0 Å². The lowest BCUT2D eigenvalue weighted by Crippen LogP contribution is -2.36. The standard InChI is InChI=1S/C22H26N6O/c23-14-16-5-8-28(15-16)22-21-20(24-6-7-25-21)13-19(26-22)17-1-3-18(4-2-17)27-9-11-29-12-10-27/h1-4,6-7,13,16H,5,8-12,14-15,23H2/t16-/m0/s1. The lowest BCUT2D eigenvalue weighted by atomic mass is 10.1. The number of aromatic nitrogens is 3. The number of morpholine rings is 1. The van der Waals surface area contributed by atoms with Gasteiger partial charge in [-0.2, -0.15) is 0 Å². The summed E-state index contributed by atoms with van der Waals surface area (Å²) in [5.41, 5.74) is 10.9. The molecule has 7 nitrogen and oxygen atoms in total. The minimum Gasteiger partial charge on any atom is -0.378 e. The number of nitrogens with zero attached hydrogens (tertiary/aromatic N) is 5. The van der Waals surface area contributed by atoms with Gasteiger partial charge in [0.25, 0.3) is 0 Å². The van der Waals surface area contributed by atoms with Gasteiger partial charge in [-0.3, -0.25) is 4.98 Å². The molecule has 1 aromatic carbocycles. The van der Waals surface area contributed by atoms with Gasteiger partial charge < -0.3 is 20.3 Å². The molecular weight excluding hydrogens is 364 g/mol. The van der Waals surface area contributed by atoms with Crippen LogP contribution in [0.25, 0.3) is 22.3 Å². The molecule has 0 unspecified atom stereocenters. The predicted octanol–water partition coefficient (Wildman–Crippen LogP) is 2.31. The van der Waals surface area contributed by atoms with Crippen LogP contribution >= 0.6 is 0 Å². The maximum atomic E-state index is 5.90. The number of fused-ring (bicyclic) bond motifs is 1. The second-order valence-corrected chi connectivity index (χ2v) is 7.74. The largest absolute Gasteiger partial charge is 0.378 e. The highest BCUT2D eigenvalue weighted by atomic mass is 16.5. The molecule has 4 heterocycles. The zero-order chi connectivity index (χ0) is 19.6. The lowest BCUT2D eigenvalue weighted by molar-refractivity contribution is 0.122. The first-order chi connectivity index (χ1) is 14.3. The maximum absolute atomic E-state index is 5.90. The first kappa shape index (κ1) is 18.3. The fourth-order valence-electron chi connectivity index (χ4n) is 4.21. The van der Waals surface area contributed by atoms with Crippen molar-refractivity contribution in [1.29, 1.82) is 0 Å². The molecule has 3 aromatic rings. The van der Waals surface area contributed by atoms with Crippen molar-refractivity contribution >= 4 is 22.5 Å². The minimum atomic E-state index is 0.514. The molecule has 29 heavy (non-hydrogen) atoms. The molecule has 2 aromatic heterocycles. The molecule has 2 aliphatic heterocycles. The summed E-state index contributed by atoms with van der Waals surface area (Å²) in [6.45, 7) is 6.04. The lowest BCUT2D eigenvalue weighted by Gasteiger charge is -2.29. The van der Waals surface area contributed by atoms with Gasteiger partial charge in [0.1, 0.15) is 5.52 Å². The smallest absolute Gasteiger partial charge is 0.157 e. The van der Waals surface area contributed by atoms with Crippen LogP contribution in [0.5, 0.6) is 0 Å². The Bertz CT molecular complexity index is 986. The number of benzene rings is 1. The van der Waals surface area contributed by atoms with Gasteiger partial charge in [0.05, 0.1) is 24.4 Å². The van der Waals surface area contributed by atoms with E-state index < -0.39 is 0 Å². The predicted molar refractivity (Wildman–Crippen MR) is 115 cm³/mol. The number of hydrogen-bond donors (Lipinski definition) is 1. The van der Waals surface area contributed by atoms with E-state index in [1.54, 1.807) is 12.4 Å². The molecule has 2 aliphatic rings. The van der Waals surface area contributed by atoms with Crippen molar-refractivity contribution in [2.75, 3.05) is 55.7 Å². The van der Waals surface area contributed by atoms with E-state index in [1.165, 1.54) is 5.69 Å². The summed E-state index contributed by atoms with van der Waals surface area (Å²) in [7, 11) is 0. The number of rotatable bonds is 4. The van der Waals surface area contributed by atoms with Gasteiger partial charge in [0.15, 0.2) is 5.82 Å². The second kappa shape index (κ2) is 7.93. The normalized spacial score (nSPS) is 19.8. The van der Waals surface area contributed by atoms with Crippen LogP contribution in [0.4, 0.5) is 11.5 Å². The topological polar surface area (TPSA) is 80.4 Å². The average molecular weight is 390 g/mol. The SMILES string of the molecule is NC[C@@H]1CCN(c2nc(-c3ccc(N4CCOCC4)cc3)cc3nccnc23)C1. The van der Waals surface area contributed by atoms with Crippen molar-refractivity contribution in [2.24, 2.45) is 11.7 Å². The van der Waals surface area contributed by atoms with Crippen molar-refractivity contribution in [2.45, 2.75) is 6.42 Å². The third-order valence-corrected chi connectivity index (χ3v) is 5.90. The van der Waals surface area contributed by atoms with Gasteiger partial charge in [-0.05, 0) is 37.1 Å². The van der Waals surface area contributed by atoms with E-state index in [9.17, 15) is 0 Å². The molecule has 7 heteroatoms. The van der Waals surface area contributed by atoms with Crippen LogP contribution in [0.1, 0.15) is 6.42 Å². The van der Waals surface area contributed by atoms with Gasteiger partial charge in [-0.1, -0.05) is 12.1 Å². The fourth-order valence-corrected chi connectivity index (χ4v) is 4.21. The van der Waals surface area contributed by atoms with E-state index in [-0.39, 0.29) is 0 Å². The van der Waals surface area contributed by atoms with Crippen LogP contribution < -0.4 is 15.5 Å². The summed E-state index contributed by atoms with van der Waals surface area (Å²) in [5, 5.41) is 0. The number of anilines is 2. The van der Waals surface area contributed by atoms with Gasteiger partial charge in [0.2, 0.25) is 0 Å². The number of nitrogens with two attached hydrogens (primary N) is 1. The van der Waals surface area contributed by atoms with E-state index in [0.717, 1.165) is 73.9 Å². The third kappa shape index (κ3) is 3.63. The van der Waals surface area contributed by atoms with E-state index in [1.807, 2.05) is 6.07 Å². The Balaban J connectivity index is 1.50. The van der Waals surface area contributed by atoms with Crippen molar-refractivity contribution in [3.63, 3.8) is 0 Å². The van der Waals surface area contributed by atoms with Crippen molar-refractivity contribution in [3.8, 4) is 11.3 Å². The minimum absolute atomic E-state index is 0.514. The molecule has 150 valence electrons. The highest BCUT2D eigenvalue weighted by Gasteiger charge is 2.25. The molecule has 0 saturated carbocycles. The molecule has 0 spiro atoms. The van der Waals surface area contributed by atoms with Crippen LogP contribution in [0.2, 0.25) is 0 Å². The monoisotopic (exact) mass is 390 g/mol. The second-order valence-electron chi connectivity index (χ2n) is 7.74. The Morgan fingerprint density at radius 2 is 1.79 bits per heavy atom. The summed E-state index contributed by atoms with van der Waals surface area (Å²) < 4.78 is 5.46. The number of ether oxygens (including phenoxy) is 1. The quantitative estimate of drug-likeness (QED) is 0.732. The van der Waals surface area contributed by atoms with Crippen molar-refractivity contribution < 1.29 is 4.74 Å². The zero-order valence-corrected chi connectivity index (χ0v) is 16.5. The molecule has 2 saturated heterocycles.